The second-order valence-electron chi connectivity index (χ2n) is 5.09. The average molecular weight is 341 g/mol. The minimum atomic E-state index is -5.08. The lowest BCUT2D eigenvalue weighted by Gasteiger charge is -2.33. The maximum absolute atomic E-state index is 10.9. The van der Waals surface area contributed by atoms with Crippen LogP contribution in [0.2, 0.25) is 0 Å². The van der Waals surface area contributed by atoms with Crippen LogP contribution in [-0.2, 0) is 10.4 Å². The van der Waals surface area contributed by atoms with Crippen LogP contribution in [0.15, 0.2) is 60.7 Å². The molecule has 0 bridgehead atoms. The molecule has 0 saturated carbocycles. The molecule has 0 radical (unpaired) electrons. The molecule has 0 amide bonds. The van der Waals surface area contributed by atoms with Gasteiger partial charge in [-0.2, -0.15) is 13.2 Å². The first-order chi connectivity index (χ1) is 11.1. The molecule has 2 aromatic rings. The molecule has 1 atom stereocenters. The van der Waals surface area contributed by atoms with Crippen LogP contribution in [0.1, 0.15) is 18.1 Å². The van der Waals surface area contributed by atoms with Crippen molar-refractivity contribution in [2.24, 2.45) is 5.73 Å². The molecule has 0 aliphatic heterocycles. The number of benzene rings is 2. The van der Waals surface area contributed by atoms with Gasteiger partial charge >= 0.3 is 12.1 Å². The molecule has 0 aliphatic carbocycles. The molecule has 7 heteroatoms. The van der Waals surface area contributed by atoms with E-state index in [0.29, 0.717) is 0 Å². The summed E-state index contributed by atoms with van der Waals surface area (Å²) in [4.78, 5) is 8.90. The molecule has 0 unspecified atom stereocenters. The minimum Gasteiger partial charge on any atom is -0.475 e. The van der Waals surface area contributed by atoms with Crippen molar-refractivity contribution in [2.45, 2.75) is 24.7 Å². The van der Waals surface area contributed by atoms with Crippen molar-refractivity contribution in [3.63, 3.8) is 0 Å². The van der Waals surface area contributed by atoms with Crippen LogP contribution >= 0.6 is 0 Å². The molecule has 4 N–H and O–H groups in total. The maximum Gasteiger partial charge on any atom is 0.490 e. The molecule has 0 heterocycles. The highest BCUT2D eigenvalue weighted by atomic mass is 19.4. The Morgan fingerprint density at radius 2 is 1.25 bits per heavy atom. The highest BCUT2D eigenvalue weighted by molar-refractivity contribution is 5.73. The molecule has 0 aromatic heterocycles. The number of carbonyl (C=O) groups is 1. The summed E-state index contributed by atoms with van der Waals surface area (Å²) >= 11 is 0. The molecule has 0 saturated heterocycles. The predicted octanol–water partition coefficient (Wildman–Crippen LogP) is 2.90. The summed E-state index contributed by atoms with van der Waals surface area (Å²) in [7, 11) is 0. The molecule has 0 fully saturated rings. The quantitative estimate of drug-likeness (QED) is 0.801. The summed E-state index contributed by atoms with van der Waals surface area (Å²) in [5, 5.41) is 18.0. The molecule has 2 aromatic carbocycles. The van der Waals surface area contributed by atoms with Gasteiger partial charge in [0.2, 0.25) is 0 Å². The van der Waals surface area contributed by atoms with E-state index in [1.165, 1.54) is 0 Å². The fourth-order valence-electron chi connectivity index (χ4n) is 2.08. The molecule has 0 spiro atoms. The second kappa shape index (κ2) is 7.94. The van der Waals surface area contributed by atoms with Gasteiger partial charge in [0, 0.05) is 6.04 Å². The van der Waals surface area contributed by atoms with Crippen LogP contribution in [0.4, 0.5) is 13.2 Å². The number of halogens is 3. The monoisotopic (exact) mass is 341 g/mol. The highest BCUT2D eigenvalue weighted by Gasteiger charge is 2.38. The summed E-state index contributed by atoms with van der Waals surface area (Å²) in [6, 6.07) is 18.7. The average Bonchev–Trinajstić information content (AvgIpc) is 2.55. The normalized spacial score (nSPS) is 12.8. The number of carboxylic acid groups (broad SMARTS) is 1. The van der Waals surface area contributed by atoms with Crippen LogP contribution in [-0.4, -0.2) is 28.4 Å². The Kier molecular flexibility index (Phi) is 6.51. The lowest BCUT2D eigenvalue weighted by atomic mass is 9.81. The first kappa shape index (κ1) is 19.7. The van der Waals surface area contributed by atoms with Crippen molar-refractivity contribution in [3.8, 4) is 0 Å². The largest absolute Gasteiger partial charge is 0.490 e. The molecule has 4 nitrogen and oxygen atoms in total. The molecule has 24 heavy (non-hydrogen) atoms. The van der Waals surface area contributed by atoms with Gasteiger partial charge in [-0.25, -0.2) is 4.79 Å². The van der Waals surface area contributed by atoms with Crippen molar-refractivity contribution in [1.82, 2.24) is 0 Å². The molecule has 2 rings (SSSR count). The predicted molar refractivity (Wildman–Crippen MR) is 83.2 cm³/mol. The van der Waals surface area contributed by atoms with Gasteiger partial charge in [0.25, 0.3) is 0 Å². The van der Waals surface area contributed by atoms with E-state index in [2.05, 4.69) is 0 Å². The van der Waals surface area contributed by atoms with Crippen molar-refractivity contribution in [1.29, 1.82) is 0 Å². The van der Waals surface area contributed by atoms with E-state index in [0.717, 1.165) is 11.1 Å². The topological polar surface area (TPSA) is 83.5 Å². The smallest absolute Gasteiger partial charge is 0.475 e. The Labute approximate surface area is 137 Å². The number of hydrogen-bond acceptors (Lipinski definition) is 3. The Balaban J connectivity index is 0.000000351. The molecule has 130 valence electrons. The standard InChI is InChI=1S/C15H17NO.C2HF3O2/c1-12(16)15(17,13-8-4-2-5-9-13)14-10-6-3-7-11-14;3-2(4,5)1(6)7/h2-12,17H,16H2,1H3;(H,6,7)/t12-;/m0./s1. The summed E-state index contributed by atoms with van der Waals surface area (Å²) < 4.78 is 31.7. The van der Waals surface area contributed by atoms with Crippen LogP contribution in [0.5, 0.6) is 0 Å². The third-order valence-electron chi connectivity index (χ3n) is 3.33. The van der Waals surface area contributed by atoms with Gasteiger partial charge in [0.1, 0.15) is 5.60 Å². The zero-order chi connectivity index (χ0) is 18.4. The minimum absolute atomic E-state index is 0.382. The van der Waals surface area contributed by atoms with Crippen molar-refractivity contribution >= 4 is 5.97 Å². The first-order valence-electron chi connectivity index (χ1n) is 6.99. The zero-order valence-electron chi connectivity index (χ0n) is 12.9. The Bertz CT molecular complexity index is 604. The van der Waals surface area contributed by atoms with Gasteiger partial charge in [-0.15, -0.1) is 0 Å². The first-order valence-corrected chi connectivity index (χ1v) is 6.99. The van der Waals surface area contributed by atoms with Crippen LogP contribution in [0.25, 0.3) is 0 Å². The number of carboxylic acids is 1. The van der Waals surface area contributed by atoms with E-state index in [4.69, 9.17) is 15.6 Å². The number of hydrogen-bond donors (Lipinski definition) is 3. The van der Waals surface area contributed by atoms with E-state index in [-0.39, 0.29) is 6.04 Å². The van der Waals surface area contributed by atoms with Gasteiger partial charge in [-0.1, -0.05) is 60.7 Å². The van der Waals surface area contributed by atoms with Crippen LogP contribution < -0.4 is 5.73 Å². The summed E-state index contributed by atoms with van der Waals surface area (Å²) in [6.45, 7) is 1.82. The third-order valence-corrected chi connectivity index (χ3v) is 3.33. The second-order valence-corrected chi connectivity index (χ2v) is 5.09. The number of alkyl halides is 3. The van der Waals surface area contributed by atoms with Crippen molar-refractivity contribution in [3.05, 3.63) is 71.8 Å². The van der Waals surface area contributed by atoms with E-state index >= 15 is 0 Å². The van der Waals surface area contributed by atoms with Gasteiger partial charge in [-0.3, -0.25) is 0 Å². The van der Waals surface area contributed by atoms with Gasteiger partial charge in [0.05, 0.1) is 0 Å². The summed E-state index contributed by atoms with van der Waals surface area (Å²) in [6.07, 6.45) is -5.08. The van der Waals surface area contributed by atoms with Crippen LogP contribution in [0, 0.1) is 0 Å². The lowest BCUT2D eigenvalue weighted by Crippen LogP contribution is -2.44. The number of aliphatic carboxylic acids is 1. The Morgan fingerprint density at radius 1 is 0.958 bits per heavy atom. The molecular formula is C17H18F3NO3. The number of rotatable bonds is 3. The van der Waals surface area contributed by atoms with Crippen molar-refractivity contribution in [2.75, 3.05) is 0 Å². The highest BCUT2D eigenvalue weighted by Crippen LogP contribution is 2.31. The Hall–Kier alpha value is -2.38. The number of aliphatic hydroxyl groups is 1. The van der Waals surface area contributed by atoms with E-state index in [9.17, 15) is 18.3 Å². The SMILES string of the molecule is C[C@H](N)C(O)(c1ccccc1)c1ccccc1.O=C(O)C(F)(F)F. The molecular weight excluding hydrogens is 323 g/mol. The van der Waals surface area contributed by atoms with Crippen LogP contribution in [0.3, 0.4) is 0 Å². The van der Waals surface area contributed by atoms with E-state index < -0.39 is 17.7 Å². The summed E-state index contributed by atoms with van der Waals surface area (Å²) in [5.74, 6) is -2.76. The van der Waals surface area contributed by atoms with Gasteiger partial charge in [-0.05, 0) is 18.1 Å². The zero-order valence-corrected chi connectivity index (χ0v) is 12.9. The Morgan fingerprint density at radius 3 is 1.46 bits per heavy atom. The number of nitrogens with two attached hydrogens (primary N) is 1. The lowest BCUT2D eigenvalue weighted by molar-refractivity contribution is -0.192. The maximum atomic E-state index is 10.9. The fraction of sp³-hybridized carbons (Fsp3) is 0.235. The fourth-order valence-corrected chi connectivity index (χ4v) is 2.08. The van der Waals surface area contributed by atoms with E-state index in [1.54, 1.807) is 0 Å². The van der Waals surface area contributed by atoms with Gasteiger partial charge in [0.15, 0.2) is 0 Å². The molecule has 0 aliphatic rings. The summed E-state index contributed by atoms with van der Waals surface area (Å²) in [5.41, 5.74) is 6.49. The van der Waals surface area contributed by atoms with Crippen molar-refractivity contribution < 1.29 is 28.2 Å². The third kappa shape index (κ3) is 4.81. The van der Waals surface area contributed by atoms with E-state index in [1.807, 2.05) is 67.6 Å². The van der Waals surface area contributed by atoms with Gasteiger partial charge < -0.3 is 15.9 Å².